The molecular weight excluding hydrogens is 248 g/mol. The van der Waals surface area contributed by atoms with Gasteiger partial charge < -0.3 is 15.3 Å². The van der Waals surface area contributed by atoms with Crippen molar-refractivity contribution < 1.29 is 24.9 Å². The van der Waals surface area contributed by atoms with E-state index in [0.717, 1.165) is 32.1 Å². The Morgan fingerprint density at radius 2 is 1.42 bits per heavy atom. The molecule has 0 fully saturated rings. The Morgan fingerprint density at radius 3 is 1.84 bits per heavy atom. The summed E-state index contributed by atoms with van der Waals surface area (Å²) in [7, 11) is 0. The molecule has 0 spiro atoms. The molecule has 0 heterocycles. The second-order valence-corrected chi connectivity index (χ2v) is 5.14. The number of unbranched alkanes of at least 4 members (excludes halogenated alkanes) is 2. The number of carboxylic acids is 2. The predicted molar refractivity (Wildman–Crippen MR) is 74.1 cm³/mol. The normalized spacial score (nSPS) is 11.6. The molecule has 0 aromatic rings. The molecule has 114 valence electrons. The fourth-order valence-corrected chi connectivity index (χ4v) is 1.54. The van der Waals surface area contributed by atoms with Crippen LogP contribution in [0.25, 0.3) is 0 Å². The fourth-order valence-electron chi connectivity index (χ4n) is 1.54. The van der Waals surface area contributed by atoms with E-state index in [9.17, 15) is 9.90 Å². The zero-order valence-electron chi connectivity index (χ0n) is 12.3. The van der Waals surface area contributed by atoms with Gasteiger partial charge in [-0.25, -0.2) is 0 Å². The SMILES string of the molecule is CC(=O)O.CC(C)CCCCCC(O)CCC(=O)O. The molecule has 5 heteroatoms. The molecule has 0 aliphatic rings. The lowest BCUT2D eigenvalue weighted by Crippen LogP contribution is -2.09. The number of hydrogen-bond donors (Lipinski definition) is 3. The standard InChI is InChI=1S/C12H24O3.C2H4O2/c1-10(2)6-4-3-5-7-11(13)8-9-12(14)15;1-2(3)4/h10-11,13H,3-9H2,1-2H3,(H,14,15);1H3,(H,3,4). The van der Waals surface area contributed by atoms with E-state index in [1.807, 2.05) is 0 Å². The molecule has 0 aromatic heterocycles. The topological polar surface area (TPSA) is 94.8 Å². The number of hydrogen-bond acceptors (Lipinski definition) is 3. The van der Waals surface area contributed by atoms with Crippen LogP contribution in [0.1, 0.15) is 65.7 Å². The zero-order valence-corrected chi connectivity index (χ0v) is 12.3. The Hall–Kier alpha value is -1.10. The van der Waals surface area contributed by atoms with Crippen LogP contribution in [0.15, 0.2) is 0 Å². The maximum atomic E-state index is 10.2. The van der Waals surface area contributed by atoms with E-state index in [0.29, 0.717) is 6.42 Å². The van der Waals surface area contributed by atoms with Crippen molar-refractivity contribution in [3.05, 3.63) is 0 Å². The molecule has 0 aromatic carbocycles. The quantitative estimate of drug-likeness (QED) is 0.563. The first-order valence-corrected chi connectivity index (χ1v) is 6.85. The van der Waals surface area contributed by atoms with Gasteiger partial charge in [0.25, 0.3) is 5.97 Å². The highest BCUT2D eigenvalue weighted by Gasteiger charge is 2.06. The number of aliphatic carboxylic acids is 2. The lowest BCUT2D eigenvalue weighted by Gasteiger charge is -2.09. The molecule has 1 atom stereocenters. The van der Waals surface area contributed by atoms with E-state index in [1.165, 1.54) is 12.8 Å². The van der Waals surface area contributed by atoms with Gasteiger partial charge in [-0.15, -0.1) is 0 Å². The lowest BCUT2D eigenvalue weighted by molar-refractivity contribution is -0.137. The average molecular weight is 276 g/mol. The molecule has 19 heavy (non-hydrogen) atoms. The highest BCUT2D eigenvalue weighted by molar-refractivity contribution is 5.66. The van der Waals surface area contributed by atoms with Crippen molar-refractivity contribution in [2.24, 2.45) is 5.92 Å². The molecule has 0 amide bonds. The third kappa shape index (κ3) is 26.5. The molecule has 0 aliphatic carbocycles. The van der Waals surface area contributed by atoms with Crippen LogP contribution in [0.2, 0.25) is 0 Å². The van der Waals surface area contributed by atoms with Crippen LogP contribution >= 0.6 is 0 Å². The van der Waals surface area contributed by atoms with Crippen LogP contribution in [0.4, 0.5) is 0 Å². The highest BCUT2D eigenvalue weighted by atomic mass is 16.4. The predicted octanol–water partition coefficient (Wildman–Crippen LogP) is 2.91. The fraction of sp³-hybridized carbons (Fsp3) is 0.857. The zero-order chi connectivity index (χ0) is 15.3. The van der Waals surface area contributed by atoms with Gasteiger partial charge >= 0.3 is 5.97 Å². The van der Waals surface area contributed by atoms with Crippen molar-refractivity contribution in [1.29, 1.82) is 0 Å². The Labute approximate surface area is 115 Å². The third-order valence-corrected chi connectivity index (χ3v) is 2.51. The summed E-state index contributed by atoms with van der Waals surface area (Å²) in [4.78, 5) is 19.2. The molecule has 0 bridgehead atoms. The summed E-state index contributed by atoms with van der Waals surface area (Å²) in [6.07, 6.45) is 5.38. The molecule has 0 rings (SSSR count). The van der Waals surface area contributed by atoms with Gasteiger partial charge in [0.2, 0.25) is 0 Å². The number of rotatable bonds is 9. The first kappa shape index (κ1) is 20.2. The van der Waals surface area contributed by atoms with Crippen LogP contribution in [-0.2, 0) is 9.59 Å². The van der Waals surface area contributed by atoms with Crippen molar-refractivity contribution in [3.63, 3.8) is 0 Å². The van der Waals surface area contributed by atoms with E-state index in [-0.39, 0.29) is 6.42 Å². The highest BCUT2D eigenvalue weighted by Crippen LogP contribution is 2.12. The molecule has 3 N–H and O–H groups in total. The number of carbonyl (C=O) groups is 2. The van der Waals surface area contributed by atoms with Crippen molar-refractivity contribution >= 4 is 11.9 Å². The average Bonchev–Trinajstić information content (AvgIpc) is 2.24. The minimum absolute atomic E-state index is 0.0765. The smallest absolute Gasteiger partial charge is 0.303 e. The lowest BCUT2D eigenvalue weighted by atomic mass is 10.0. The van der Waals surface area contributed by atoms with Gasteiger partial charge in [-0.1, -0.05) is 39.5 Å². The summed E-state index contributed by atoms with van der Waals surface area (Å²) in [6.45, 7) is 5.50. The second kappa shape index (κ2) is 13.3. The van der Waals surface area contributed by atoms with Crippen molar-refractivity contribution in [3.8, 4) is 0 Å². The van der Waals surface area contributed by atoms with Crippen LogP contribution in [0, 0.1) is 5.92 Å². The maximum Gasteiger partial charge on any atom is 0.303 e. The summed E-state index contributed by atoms with van der Waals surface area (Å²) >= 11 is 0. The van der Waals surface area contributed by atoms with E-state index >= 15 is 0 Å². The monoisotopic (exact) mass is 276 g/mol. The van der Waals surface area contributed by atoms with Crippen LogP contribution in [0.5, 0.6) is 0 Å². The van der Waals surface area contributed by atoms with E-state index < -0.39 is 18.0 Å². The maximum absolute atomic E-state index is 10.2. The Bertz CT molecular complexity index is 234. The van der Waals surface area contributed by atoms with E-state index in [2.05, 4.69) is 13.8 Å². The number of aliphatic hydroxyl groups excluding tert-OH is 1. The number of carboxylic acid groups (broad SMARTS) is 2. The van der Waals surface area contributed by atoms with Crippen molar-refractivity contribution in [1.82, 2.24) is 0 Å². The third-order valence-electron chi connectivity index (χ3n) is 2.51. The number of aliphatic hydroxyl groups is 1. The molecule has 0 aliphatic heterocycles. The van der Waals surface area contributed by atoms with Gasteiger partial charge in [0.05, 0.1) is 6.10 Å². The summed E-state index contributed by atoms with van der Waals surface area (Å²) in [5.74, 6) is -0.907. The molecule has 0 saturated carbocycles. The Morgan fingerprint density at radius 1 is 0.947 bits per heavy atom. The minimum Gasteiger partial charge on any atom is -0.481 e. The first-order valence-electron chi connectivity index (χ1n) is 6.85. The minimum atomic E-state index is -0.833. The molecule has 0 radical (unpaired) electrons. The van der Waals surface area contributed by atoms with Gasteiger partial charge in [-0.05, 0) is 18.8 Å². The summed E-state index contributed by atoms with van der Waals surface area (Å²) in [5, 5.41) is 25.3. The van der Waals surface area contributed by atoms with Crippen molar-refractivity contribution in [2.75, 3.05) is 0 Å². The van der Waals surface area contributed by atoms with Gasteiger partial charge in [0.1, 0.15) is 0 Å². The molecular formula is C14H28O5. The van der Waals surface area contributed by atoms with Crippen LogP contribution in [0.3, 0.4) is 0 Å². The Balaban J connectivity index is 0. The van der Waals surface area contributed by atoms with Crippen LogP contribution in [-0.4, -0.2) is 33.4 Å². The van der Waals surface area contributed by atoms with Gasteiger partial charge in [-0.3, -0.25) is 9.59 Å². The molecule has 0 saturated heterocycles. The first-order chi connectivity index (χ1) is 8.75. The summed E-state index contributed by atoms with van der Waals surface area (Å²) in [6, 6.07) is 0. The van der Waals surface area contributed by atoms with Crippen LogP contribution < -0.4 is 0 Å². The van der Waals surface area contributed by atoms with E-state index in [4.69, 9.17) is 15.0 Å². The molecule has 1 unspecified atom stereocenters. The van der Waals surface area contributed by atoms with Gasteiger partial charge in [-0.2, -0.15) is 0 Å². The van der Waals surface area contributed by atoms with Gasteiger partial charge in [0.15, 0.2) is 0 Å². The summed E-state index contributed by atoms with van der Waals surface area (Å²) in [5.41, 5.74) is 0. The largest absolute Gasteiger partial charge is 0.481 e. The second-order valence-electron chi connectivity index (χ2n) is 5.14. The van der Waals surface area contributed by atoms with Gasteiger partial charge in [0, 0.05) is 13.3 Å². The molecule has 5 nitrogen and oxygen atoms in total. The Kier molecular flexibility index (Phi) is 14.2. The van der Waals surface area contributed by atoms with E-state index in [1.54, 1.807) is 0 Å². The summed E-state index contributed by atoms with van der Waals surface area (Å²) < 4.78 is 0. The van der Waals surface area contributed by atoms with Crippen molar-refractivity contribution in [2.45, 2.75) is 71.8 Å².